The van der Waals surface area contributed by atoms with Crippen molar-refractivity contribution in [3.8, 4) is 0 Å². The Morgan fingerprint density at radius 1 is 1.15 bits per heavy atom. The second-order valence-corrected chi connectivity index (χ2v) is 5.01. The first-order valence-electron chi connectivity index (χ1n) is 6.40. The summed E-state index contributed by atoms with van der Waals surface area (Å²) in [7, 11) is 0. The van der Waals surface area contributed by atoms with Gasteiger partial charge in [-0.25, -0.2) is 4.79 Å². The molecule has 2 rings (SSSR count). The van der Waals surface area contributed by atoms with Crippen LogP contribution >= 0.6 is 0 Å². The summed E-state index contributed by atoms with van der Waals surface area (Å²) in [6.07, 6.45) is 0. The van der Waals surface area contributed by atoms with E-state index in [2.05, 4.69) is 0 Å². The molecule has 0 aliphatic rings. The zero-order valence-electron chi connectivity index (χ0n) is 11.8. The fraction of sp³-hybridized carbons (Fsp3) is 0.250. The molecular formula is C16H17NO3. The van der Waals surface area contributed by atoms with Gasteiger partial charge in [-0.05, 0) is 44.0 Å². The van der Waals surface area contributed by atoms with Crippen LogP contribution in [0.15, 0.2) is 35.1 Å². The van der Waals surface area contributed by atoms with E-state index < -0.39 is 11.5 Å². The lowest BCUT2D eigenvalue weighted by molar-refractivity contribution is 0.0694. The number of pyridine rings is 1. The number of aromatic carboxylic acids is 1. The SMILES string of the molecule is Cc1ccc(C)c(Cn2c(C)ccc(C(=O)O)c2=O)c1. The van der Waals surface area contributed by atoms with Gasteiger partial charge in [0.05, 0.1) is 6.54 Å². The predicted molar refractivity (Wildman–Crippen MR) is 77.4 cm³/mol. The van der Waals surface area contributed by atoms with E-state index in [1.807, 2.05) is 32.0 Å². The smallest absolute Gasteiger partial charge is 0.341 e. The summed E-state index contributed by atoms with van der Waals surface area (Å²) >= 11 is 0. The molecule has 104 valence electrons. The lowest BCUT2D eigenvalue weighted by Crippen LogP contribution is -2.28. The standard InChI is InChI=1S/C16H17NO3/c1-10-4-5-11(2)13(8-10)9-17-12(3)6-7-14(15(17)18)16(19)20/h4-8H,9H2,1-3H3,(H,19,20). The van der Waals surface area contributed by atoms with Gasteiger partial charge in [-0.2, -0.15) is 0 Å². The molecule has 20 heavy (non-hydrogen) atoms. The molecule has 0 spiro atoms. The number of benzene rings is 1. The van der Waals surface area contributed by atoms with Crippen molar-refractivity contribution >= 4 is 5.97 Å². The maximum atomic E-state index is 12.2. The highest BCUT2D eigenvalue weighted by Gasteiger charge is 2.13. The zero-order valence-corrected chi connectivity index (χ0v) is 11.8. The lowest BCUT2D eigenvalue weighted by atomic mass is 10.1. The summed E-state index contributed by atoms with van der Waals surface area (Å²) in [5, 5.41) is 9.03. The van der Waals surface area contributed by atoms with Gasteiger partial charge in [0.15, 0.2) is 0 Å². The third-order valence-electron chi connectivity index (χ3n) is 3.46. The van der Waals surface area contributed by atoms with Crippen molar-refractivity contribution in [2.75, 3.05) is 0 Å². The molecule has 1 N–H and O–H groups in total. The maximum absolute atomic E-state index is 12.2. The molecular weight excluding hydrogens is 254 g/mol. The van der Waals surface area contributed by atoms with Crippen molar-refractivity contribution in [3.63, 3.8) is 0 Å². The van der Waals surface area contributed by atoms with Gasteiger partial charge in [0.1, 0.15) is 5.56 Å². The Labute approximate surface area is 117 Å². The van der Waals surface area contributed by atoms with Gasteiger partial charge in [0, 0.05) is 5.69 Å². The van der Waals surface area contributed by atoms with Crippen LogP contribution in [0.25, 0.3) is 0 Å². The average molecular weight is 271 g/mol. The molecule has 4 heteroatoms. The number of nitrogens with zero attached hydrogens (tertiary/aromatic N) is 1. The van der Waals surface area contributed by atoms with Crippen LogP contribution in [-0.2, 0) is 6.54 Å². The quantitative estimate of drug-likeness (QED) is 0.933. The van der Waals surface area contributed by atoms with Crippen molar-refractivity contribution in [3.05, 3.63) is 68.6 Å². The van der Waals surface area contributed by atoms with E-state index in [0.717, 1.165) is 22.4 Å². The van der Waals surface area contributed by atoms with Crippen molar-refractivity contribution in [1.82, 2.24) is 4.57 Å². The summed E-state index contributed by atoms with van der Waals surface area (Å²) in [5.74, 6) is -1.19. The molecule has 0 saturated heterocycles. The van der Waals surface area contributed by atoms with E-state index in [9.17, 15) is 9.59 Å². The fourth-order valence-corrected chi connectivity index (χ4v) is 2.17. The van der Waals surface area contributed by atoms with Crippen LogP contribution in [-0.4, -0.2) is 15.6 Å². The van der Waals surface area contributed by atoms with Gasteiger partial charge in [0.25, 0.3) is 5.56 Å². The van der Waals surface area contributed by atoms with E-state index >= 15 is 0 Å². The van der Waals surface area contributed by atoms with E-state index in [-0.39, 0.29) is 5.56 Å². The molecule has 0 aliphatic carbocycles. The van der Waals surface area contributed by atoms with Gasteiger partial charge in [-0.15, -0.1) is 0 Å². The van der Waals surface area contributed by atoms with Crippen molar-refractivity contribution < 1.29 is 9.90 Å². The van der Waals surface area contributed by atoms with Gasteiger partial charge in [-0.1, -0.05) is 23.8 Å². The van der Waals surface area contributed by atoms with E-state index in [1.165, 1.54) is 10.6 Å². The summed E-state index contributed by atoms with van der Waals surface area (Å²) < 4.78 is 1.51. The molecule has 1 aromatic heterocycles. The molecule has 0 saturated carbocycles. The third-order valence-corrected chi connectivity index (χ3v) is 3.46. The largest absolute Gasteiger partial charge is 0.477 e. The van der Waals surface area contributed by atoms with Crippen molar-refractivity contribution in [1.29, 1.82) is 0 Å². The van der Waals surface area contributed by atoms with Crippen LogP contribution in [0.4, 0.5) is 0 Å². The summed E-state index contributed by atoms with van der Waals surface area (Å²) in [4.78, 5) is 23.3. The van der Waals surface area contributed by atoms with E-state index in [4.69, 9.17) is 5.11 Å². The number of carbonyl (C=O) groups is 1. The molecule has 0 radical (unpaired) electrons. The van der Waals surface area contributed by atoms with Crippen LogP contribution < -0.4 is 5.56 Å². The summed E-state index contributed by atoms with van der Waals surface area (Å²) in [5.41, 5.74) is 3.33. The average Bonchev–Trinajstić information content (AvgIpc) is 2.38. The van der Waals surface area contributed by atoms with E-state index in [1.54, 1.807) is 13.0 Å². The minimum Gasteiger partial charge on any atom is -0.477 e. The Hall–Kier alpha value is -2.36. The maximum Gasteiger partial charge on any atom is 0.341 e. The molecule has 2 aromatic rings. The second-order valence-electron chi connectivity index (χ2n) is 5.01. The number of hydrogen-bond donors (Lipinski definition) is 1. The molecule has 4 nitrogen and oxygen atoms in total. The minimum absolute atomic E-state index is 0.194. The molecule has 1 aromatic carbocycles. The van der Waals surface area contributed by atoms with E-state index in [0.29, 0.717) is 6.54 Å². The predicted octanol–water partition coefficient (Wildman–Crippen LogP) is 2.52. The third kappa shape index (κ3) is 2.64. The Morgan fingerprint density at radius 2 is 1.85 bits per heavy atom. The number of carboxylic acid groups (broad SMARTS) is 1. The monoisotopic (exact) mass is 271 g/mol. The van der Waals surface area contributed by atoms with Gasteiger partial charge >= 0.3 is 5.97 Å². The summed E-state index contributed by atoms with van der Waals surface area (Å²) in [6, 6.07) is 9.07. The van der Waals surface area contributed by atoms with Gasteiger partial charge < -0.3 is 9.67 Å². The topological polar surface area (TPSA) is 59.3 Å². The zero-order chi connectivity index (χ0) is 14.9. The molecule has 1 heterocycles. The van der Waals surface area contributed by atoms with Crippen LogP contribution in [0.2, 0.25) is 0 Å². The van der Waals surface area contributed by atoms with Crippen molar-refractivity contribution in [2.24, 2.45) is 0 Å². The Bertz CT molecular complexity index is 729. The number of rotatable bonds is 3. The molecule has 0 amide bonds. The Morgan fingerprint density at radius 3 is 2.50 bits per heavy atom. The molecule has 0 bridgehead atoms. The Balaban J connectivity index is 2.53. The fourth-order valence-electron chi connectivity index (χ4n) is 2.17. The highest BCUT2D eigenvalue weighted by atomic mass is 16.4. The van der Waals surface area contributed by atoms with Crippen LogP contribution in [0, 0.1) is 20.8 Å². The second kappa shape index (κ2) is 5.33. The first-order chi connectivity index (χ1) is 9.40. The van der Waals surface area contributed by atoms with Crippen molar-refractivity contribution in [2.45, 2.75) is 27.3 Å². The minimum atomic E-state index is -1.19. The number of aryl methyl sites for hydroxylation is 3. The highest BCUT2D eigenvalue weighted by molar-refractivity contribution is 5.87. The summed E-state index contributed by atoms with van der Waals surface area (Å²) in [6.45, 7) is 6.17. The first kappa shape index (κ1) is 14.1. The number of carboxylic acids is 1. The van der Waals surface area contributed by atoms with Crippen LogP contribution in [0.5, 0.6) is 0 Å². The van der Waals surface area contributed by atoms with Gasteiger partial charge in [-0.3, -0.25) is 4.79 Å². The molecule has 0 aliphatic heterocycles. The van der Waals surface area contributed by atoms with Crippen LogP contribution in [0.1, 0.15) is 32.7 Å². The van der Waals surface area contributed by atoms with Gasteiger partial charge in [0.2, 0.25) is 0 Å². The molecule has 0 atom stereocenters. The number of hydrogen-bond acceptors (Lipinski definition) is 2. The highest BCUT2D eigenvalue weighted by Crippen LogP contribution is 2.13. The molecule has 0 unspecified atom stereocenters. The van der Waals surface area contributed by atoms with Crippen LogP contribution in [0.3, 0.4) is 0 Å². The normalized spacial score (nSPS) is 10.6. The molecule has 0 fully saturated rings. The lowest BCUT2D eigenvalue weighted by Gasteiger charge is -2.13. The first-order valence-corrected chi connectivity index (χ1v) is 6.40. The number of aromatic nitrogens is 1. The Kier molecular flexibility index (Phi) is 3.74.